The molecule has 0 aromatic carbocycles. The average molecular weight is 260 g/mol. The van der Waals surface area contributed by atoms with Gasteiger partial charge in [0, 0.05) is 5.54 Å². The van der Waals surface area contributed by atoms with Crippen LogP contribution in [0.1, 0.15) is 47.0 Å². The van der Waals surface area contributed by atoms with Crippen molar-refractivity contribution >= 4 is 12.0 Å². The number of aliphatic hydroxyl groups excluding tert-OH is 1. The maximum atomic E-state index is 11.8. The van der Waals surface area contributed by atoms with Crippen LogP contribution in [0.2, 0.25) is 0 Å². The van der Waals surface area contributed by atoms with E-state index in [1.807, 2.05) is 20.8 Å². The summed E-state index contributed by atoms with van der Waals surface area (Å²) >= 11 is 0. The molecule has 0 radical (unpaired) electrons. The van der Waals surface area contributed by atoms with E-state index in [1.54, 1.807) is 0 Å². The van der Waals surface area contributed by atoms with E-state index in [2.05, 4.69) is 10.6 Å². The highest BCUT2D eigenvalue weighted by Crippen LogP contribution is 2.18. The van der Waals surface area contributed by atoms with E-state index in [9.17, 15) is 14.7 Å². The van der Waals surface area contributed by atoms with Crippen molar-refractivity contribution in [1.82, 2.24) is 10.6 Å². The number of amides is 2. The third-order valence-electron chi connectivity index (χ3n) is 3.44. The fourth-order valence-corrected chi connectivity index (χ4v) is 1.82. The first-order chi connectivity index (χ1) is 8.31. The second-order valence-electron chi connectivity index (χ2n) is 4.50. The van der Waals surface area contributed by atoms with E-state index >= 15 is 0 Å². The summed E-state index contributed by atoms with van der Waals surface area (Å²) in [7, 11) is 0. The second-order valence-corrected chi connectivity index (χ2v) is 4.50. The maximum Gasteiger partial charge on any atom is 0.328 e. The van der Waals surface area contributed by atoms with E-state index in [0.29, 0.717) is 0 Å². The minimum Gasteiger partial charge on any atom is -0.480 e. The van der Waals surface area contributed by atoms with Crippen LogP contribution in [0, 0.1) is 0 Å². The van der Waals surface area contributed by atoms with Gasteiger partial charge in [0.25, 0.3) is 0 Å². The van der Waals surface area contributed by atoms with E-state index in [4.69, 9.17) is 5.11 Å². The standard InChI is InChI=1S/C12H24N2O4/c1-5-12(6-2,7-3)14-11(18)13-9(8(4)15)10(16)17/h8-9,15H,5-7H2,1-4H3,(H,16,17)(H2,13,14,18). The van der Waals surface area contributed by atoms with Crippen LogP contribution in [-0.4, -0.2) is 39.9 Å². The number of aliphatic hydroxyl groups is 1. The Morgan fingerprint density at radius 3 is 1.89 bits per heavy atom. The molecule has 6 nitrogen and oxygen atoms in total. The number of carbonyl (C=O) groups excluding carboxylic acids is 1. The molecule has 0 bridgehead atoms. The summed E-state index contributed by atoms with van der Waals surface area (Å²) in [4.78, 5) is 22.6. The molecule has 0 spiro atoms. The number of carboxylic acid groups (broad SMARTS) is 1. The first kappa shape index (κ1) is 16.7. The number of rotatable bonds is 7. The smallest absolute Gasteiger partial charge is 0.328 e. The number of carbonyl (C=O) groups is 2. The molecule has 2 unspecified atom stereocenters. The van der Waals surface area contributed by atoms with Crippen molar-refractivity contribution in [2.45, 2.75) is 64.6 Å². The van der Waals surface area contributed by atoms with E-state index in [1.165, 1.54) is 6.92 Å². The first-order valence-corrected chi connectivity index (χ1v) is 6.31. The molecule has 0 aliphatic heterocycles. The van der Waals surface area contributed by atoms with Gasteiger partial charge in [-0.05, 0) is 26.2 Å². The predicted octanol–water partition coefficient (Wildman–Crippen LogP) is 1.09. The van der Waals surface area contributed by atoms with Crippen LogP contribution in [-0.2, 0) is 4.79 Å². The van der Waals surface area contributed by atoms with Gasteiger partial charge in [0.15, 0.2) is 6.04 Å². The van der Waals surface area contributed by atoms with Crippen molar-refractivity contribution in [3.05, 3.63) is 0 Å². The lowest BCUT2D eigenvalue weighted by Gasteiger charge is -2.32. The second kappa shape index (κ2) is 7.20. The lowest BCUT2D eigenvalue weighted by molar-refractivity contribution is -0.141. The topological polar surface area (TPSA) is 98.7 Å². The molecule has 18 heavy (non-hydrogen) atoms. The minimum atomic E-state index is -1.30. The van der Waals surface area contributed by atoms with Crippen molar-refractivity contribution in [2.24, 2.45) is 0 Å². The summed E-state index contributed by atoms with van der Waals surface area (Å²) < 4.78 is 0. The summed E-state index contributed by atoms with van der Waals surface area (Å²) in [6.07, 6.45) is 1.15. The third kappa shape index (κ3) is 4.52. The van der Waals surface area contributed by atoms with Crippen molar-refractivity contribution < 1.29 is 19.8 Å². The lowest BCUT2D eigenvalue weighted by Crippen LogP contribution is -2.56. The molecule has 2 atom stereocenters. The van der Waals surface area contributed by atoms with Crippen LogP contribution in [0.3, 0.4) is 0 Å². The van der Waals surface area contributed by atoms with Gasteiger partial charge in [0.2, 0.25) is 0 Å². The van der Waals surface area contributed by atoms with Crippen LogP contribution in [0.25, 0.3) is 0 Å². The molecule has 0 aliphatic rings. The Labute approximate surface area is 108 Å². The third-order valence-corrected chi connectivity index (χ3v) is 3.44. The molecule has 6 heteroatoms. The minimum absolute atomic E-state index is 0.328. The normalized spacial score (nSPS) is 14.7. The Balaban J connectivity index is 4.62. The first-order valence-electron chi connectivity index (χ1n) is 6.31. The molecule has 106 valence electrons. The molecule has 0 aliphatic carbocycles. The molecule has 0 rings (SSSR count). The highest BCUT2D eigenvalue weighted by Gasteiger charge is 2.29. The fraction of sp³-hybridized carbons (Fsp3) is 0.833. The van der Waals surface area contributed by atoms with Crippen LogP contribution < -0.4 is 10.6 Å². The summed E-state index contributed by atoms with van der Waals surface area (Å²) in [5.41, 5.74) is -0.328. The maximum absolute atomic E-state index is 11.8. The number of nitrogens with one attached hydrogen (secondary N) is 2. The Bertz CT molecular complexity index is 280. The number of aliphatic carboxylic acids is 1. The summed E-state index contributed by atoms with van der Waals surface area (Å²) in [6, 6.07) is -1.86. The molecule has 0 aromatic rings. The predicted molar refractivity (Wildman–Crippen MR) is 68.4 cm³/mol. The van der Waals surface area contributed by atoms with Gasteiger partial charge in [0.1, 0.15) is 0 Å². The fourth-order valence-electron chi connectivity index (χ4n) is 1.82. The molecule has 0 saturated heterocycles. The molecular formula is C12H24N2O4. The quantitative estimate of drug-likeness (QED) is 0.550. The number of urea groups is 1. The highest BCUT2D eigenvalue weighted by molar-refractivity contribution is 5.83. The monoisotopic (exact) mass is 260 g/mol. The van der Waals surface area contributed by atoms with Gasteiger partial charge in [-0.25, -0.2) is 9.59 Å². The van der Waals surface area contributed by atoms with Gasteiger partial charge in [-0.1, -0.05) is 20.8 Å². The largest absolute Gasteiger partial charge is 0.480 e. The van der Waals surface area contributed by atoms with Crippen LogP contribution in [0.4, 0.5) is 4.79 Å². The van der Waals surface area contributed by atoms with Gasteiger partial charge in [0.05, 0.1) is 6.10 Å². The average Bonchev–Trinajstić information content (AvgIpc) is 2.32. The van der Waals surface area contributed by atoms with Crippen molar-refractivity contribution in [3.63, 3.8) is 0 Å². The van der Waals surface area contributed by atoms with Crippen molar-refractivity contribution in [1.29, 1.82) is 0 Å². The SMILES string of the molecule is CCC(CC)(CC)NC(=O)NC(C(=O)O)C(C)O. The summed E-state index contributed by atoms with van der Waals surface area (Å²) in [5.74, 6) is -1.25. The van der Waals surface area contributed by atoms with Gasteiger partial charge in [-0.15, -0.1) is 0 Å². The number of carboxylic acids is 1. The van der Waals surface area contributed by atoms with Gasteiger partial charge < -0.3 is 20.8 Å². The Hall–Kier alpha value is -1.30. The van der Waals surface area contributed by atoms with E-state index < -0.39 is 24.1 Å². The lowest BCUT2D eigenvalue weighted by atomic mass is 9.90. The molecule has 0 saturated carbocycles. The number of hydrogen-bond donors (Lipinski definition) is 4. The zero-order valence-corrected chi connectivity index (χ0v) is 11.5. The summed E-state index contributed by atoms with van der Waals surface area (Å²) in [5, 5.41) is 23.2. The molecule has 4 N–H and O–H groups in total. The molecule has 0 aromatic heterocycles. The molecule has 0 fully saturated rings. The zero-order chi connectivity index (χ0) is 14.3. The molecular weight excluding hydrogens is 236 g/mol. The Morgan fingerprint density at radius 2 is 1.61 bits per heavy atom. The van der Waals surface area contributed by atoms with E-state index in [0.717, 1.165) is 19.3 Å². The zero-order valence-electron chi connectivity index (χ0n) is 11.5. The van der Waals surface area contributed by atoms with Gasteiger partial charge >= 0.3 is 12.0 Å². The van der Waals surface area contributed by atoms with Crippen LogP contribution in [0.5, 0.6) is 0 Å². The van der Waals surface area contributed by atoms with Crippen LogP contribution >= 0.6 is 0 Å². The Morgan fingerprint density at radius 1 is 1.17 bits per heavy atom. The number of hydrogen-bond acceptors (Lipinski definition) is 3. The van der Waals surface area contributed by atoms with E-state index in [-0.39, 0.29) is 5.54 Å². The molecule has 0 heterocycles. The molecule has 2 amide bonds. The van der Waals surface area contributed by atoms with Gasteiger partial charge in [-0.2, -0.15) is 0 Å². The van der Waals surface area contributed by atoms with Crippen molar-refractivity contribution in [3.8, 4) is 0 Å². The van der Waals surface area contributed by atoms with Crippen LogP contribution in [0.15, 0.2) is 0 Å². The van der Waals surface area contributed by atoms with Gasteiger partial charge in [-0.3, -0.25) is 0 Å². The Kier molecular flexibility index (Phi) is 6.68. The highest BCUT2D eigenvalue weighted by atomic mass is 16.4. The van der Waals surface area contributed by atoms with Crippen molar-refractivity contribution in [2.75, 3.05) is 0 Å². The summed E-state index contributed by atoms with van der Waals surface area (Å²) in [6.45, 7) is 7.23.